The van der Waals surface area contributed by atoms with Crippen molar-refractivity contribution in [2.24, 2.45) is 5.73 Å². The van der Waals surface area contributed by atoms with E-state index in [4.69, 9.17) is 18.0 Å². The van der Waals surface area contributed by atoms with Gasteiger partial charge in [0.2, 0.25) is 0 Å². The Morgan fingerprint density at radius 3 is 2.69 bits per heavy atom. The summed E-state index contributed by atoms with van der Waals surface area (Å²) in [7, 11) is 0. The van der Waals surface area contributed by atoms with Crippen LogP contribution in [0.15, 0.2) is 18.5 Å². The van der Waals surface area contributed by atoms with Crippen molar-refractivity contribution in [1.29, 1.82) is 0 Å². The Morgan fingerprint density at radius 1 is 1.38 bits per heavy atom. The minimum atomic E-state index is -0.329. The fourth-order valence-electron chi connectivity index (χ4n) is 1.56. The zero-order valence-corrected chi connectivity index (χ0v) is 9.16. The first-order valence-corrected chi connectivity index (χ1v) is 5.10. The fourth-order valence-corrected chi connectivity index (χ4v) is 1.65. The van der Waals surface area contributed by atoms with E-state index in [1.165, 1.54) is 18.5 Å². The number of fused-ring (bicyclic) bond motifs is 1. The maximum atomic E-state index is 11.8. The predicted molar refractivity (Wildman–Crippen MR) is 61.0 cm³/mol. The number of imide groups is 1. The van der Waals surface area contributed by atoms with Crippen LogP contribution in [0.4, 0.5) is 0 Å². The summed E-state index contributed by atoms with van der Waals surface area (Å²) in [6.45, 7) is 0.224. The van der Waals surface area contributed by atoms with Gasteiger partial charge in [-0.15, -0.1) is 0 Å². The highest BCUT2D eigenvalue weighted by molar-refractivity contribution is 7.80. The molecule has 0 radical (unpaired) electrons. The Hall–Kier alpha value is -1.82. The zero-order chi connectivity index (χ0) is 11.7. The van der Waals surface area contributed by atoms with Crippen molar-refractivity contribution in [3.05, 3.63) is 29.6 Å². The van der Waals surface area contributed by atoms with E-state index >= 15 is 0 Å². The SMILES string of the molecule is NC(=S)CCN1C(=O)c2ccncc2C1=O. The molecule has 1 aromatic rings. The summed E-state index contributed by atoms with van der Waals surface area (Å²) in [6.07, 6.45) is 3.23. The molecule has 82 valence electrons. The van der Waals surface area contributed by atoms with Crippen molar-refractivity contribution in [1.82, 2.24) is 9.88 Å². The number of amides is 2. The molecule has 0 aromatic carbocycles. The first-order valence-electron chi connectivity index (χ1n) is 4.70. The van der Waals surface area contributed by atoms with Gasteiger partial charge in [0.15, 0.2) is 0 Å². The summed E-state index contributed by atoms with van der Waals surface area (Å²) in [5.74, 6) is -0.636. The molecule has 1 aliphatic rings. The average Bonchev–Trinajstić information content (AvgIpc) is 2.50. The highest BCUT2D eigenvalue weighted by Crippen LogP contribution is 2.21. The molecule has 2 heterocycles. The second kappa shape index (κ2) is 3.97. The number of carbonyl (C=O) groups excluding carboxylic acids is 2. The quantitative estimate of drug-likeness (QED) is 0.604. The van der Waals surface area contributed by atoms with E-state index in [2.05, 4.69) is 4.98 Å². The van der Waals surface area contributed by atoms with Gasteiger partial charge in [-0.05, 0) is 6.07 Å². The van der Waals surface area contributed by atoms with Crippen LogP contribution in [0.2, 0.25) is 0 Å². The zero-order valence-electron chi connectivity index (χ0n) is 8.34. The highest BCUT2D eigenvalue weighted by Gasteiger charge is 2.35. The van der Waals surface area contributed by atoms with Crippen LogP contribution in [0, 0.1) is 0 Å². The number of hydrogen-bond donors (Lipinski definition) is 1. The van der Waals surface area contributed by atoms with Crippen molar-refractivity contribution in [2.45, 2.75) is 6.42 Å². The maximum absolute atomic E-state index is 11.8. The van der Waals surface area contributed by atoms with Crippen molar-refractivity contribution < 1.29 is 9.59 Å². The van der Waals surface area contributed by atoms with Crippen molar-refractivity contribution in [3.8, 4) is 0 Å². The Bertz CT molecular complexity index is 452. The smallest absolute Gasteiger partial charge is 0.263 e. The molecule has 0 fully saturated rings. The molecule has 0 saturated carbocycles. The van der Waals surface area contributed by atoms with E-state index in [9.17, 15) is 9.59 Å². The third kappa shape index (κ3) is 1.67. The molecule has 5 nitrogen and oxygen atoms in total. The van der Waals surface area contributed by atoms with Gasteiger partial charge in [-0.2, -0.15) is 0 Å². The normalized spacial score (nSPS) is 14.1. The van der Waals surface area contributed by atoms with Gasteiger partial charge in [-0.1, -0.05) is 12.2 Å². The van der Waals surface area contributed by atoms with Crippen LogP contribution < -0.4 is 5.73 Å². The third-order valence-corrected chi connectivity index (χ3v) is 2.56. The Labute approximate surface area is 97.3 Å². The van der Waals surface area contributed by atoms with Gasteiger partial charge in [0.1, 0.15) is 0 Å². The summed E-state index contributed by atoms with van der Waals surface area (Å²) in [5.41, 5.74) is 6.07. The molecule has 0 saturated heterocycles. The molecule has 2 amide bonds. The van der Waals surface area contributed by atoms with Gasteiger partial charge in [0.05, 0.1) is 16.1 Å². The number of carbonyl (C=O) groups is 2. The van der Waals surface area contributed by atoms with Crippen LogP contribution in [0.25, 0.3) is 0 Å². The van der Waals surface area contributed by atoms with Crippen LogP contribution in [0.1, 0.15) is 27.1 Å². The molecule has 0 spiro atoms. The van der Waals surface area contributed by atoms with Crippen LogP contribution in [-0.4, -0.2) is 33.2 Å². The van der Waals surface area contributed by atoms with Gasteiger partial charge in [-0.3, -0.25) is 19.5 Å². The first kappa shape index (κ1) is 10.7. The largest absolute Gasteiger partial charge is 0.393 e. The molecule has 0 atom stereocenters. The average molecular weight is 235 g/mol. The standard InChI is InChI=1S/C10H9N3O2S/c11-8(16)2-4-13-9(14)6-1-3-12-5-7(6)10(13)15/h1,3,5H,2,4H2,(H2,11,16). The van der Waals surface area contributed by atoms with Crippen LogP contribution in [0.5, 0.6) is 0 Å². The summed E-state index contributed by atoms with van der Waals surface area (Å²) >= 11 is 4.71. The van der Waals surface area contributed by atoms with Gasteiger partial charge >= 0.3 is 0 Å². The van der Waals surface area contributed by atoms with Crippen LogP contribution in [0.3, 0.4) is 0 Å². The van der Waals surface area contributed by atoms with Gasteiger partial charge < -0.3 is 5.73 Å². The number of rotatable bonds is 3. The number of aromatic nitrogens is 1. The Kier molecular flexibility index (Phi) is 2.66. The van der Waals surface area contributed by atoms with Gasteiger partial charge in [-0.25, -0.2) is 0 Å². The summed E-state index contributed by atoms with van der Waals surface area (Å²) in [5, 5.41) is 0. The monoisotopic (exact) mass is 235 g/mol. The number of nitrogens with zero attached hydrogens (tertiary/aromatic N) is 2. The lowest BCUT2D eigenvalue weighted by atomic mass is 10.2. The van der Waals surface area contributed by atoms with Crippen LogP contribution >= 0.6 is 12.2 Å². The lowest BCUT2D eigenvalue weighted by molar-refractivity contribution is 0.0659. The minimum absolute atomic E-state index is 0.224. The lowest BCUT2D eigenvalue weighted by Gasteiger charge is -2.12. The molecule has 1 aromatic heterocycles. The molecule has 0 unspecified atom stereocenters. The molecule has 1 aliphatic heterocycles. The second-order valence-electron chi connectivity index (χ2n) is 3.40. The Balaban J connectivity index is 2.25. The van der Waals surface area contributed by atoms with Crippen LogP contribution in [-0.2, 0) is 0 Å². The van der Waals surface area contributed by atoms with Crippen molar-refractivity contribution in [2.75, 3.05) is 6.54 Å². The number of nitrogens with two attached hydrogens (primary N) is 1. The van der Waals surface area contributed by atoms with Crippen molar-refractivity contribution in [3.63, 3.8) is 0 Å². The molecular formula is C10H9N3O2S. The molecule has 2 N–H and O–H groups in total. The number of thiocarbonyl (C=S) groups is 1. The molecule has 16 heavy (non-hydrogen) atoms. The van der Waals surface area contributed by atoms with E-state index in [1.807, 2.05) is 0 Å². The van der Waals surface area contributed by atoms with Gasteiger partial charge in [0.25, 0.3) is 11.8 Å². The number of hydrogen-bond acceptors (Lipinski definition) is 4. The molecule has 2 rings (SSSR count). The van der Waals surface area contributed by atoms with Crippen molar-refractivity contribution >= 4 is 29.0 Å². The third-order valence-electron chi connectivity index (χ3n) is 2.35. The minimum Gasteiger partial charge on any atom is -0.393 e. The van der Waals surface area contributed by atoms with E-state index in [1.54, 1.807) is 0 Å². The Morgan fingerprint density at radius 2 is 2.06 bits per heavy atom. The van der Waals surface area contributed by atoms with E-state index in [0.717, 1.165) is 4.90 Å². The fraction of sp³-hybridized carbons (Fsp3) is 0.200. The summed E-state index contributed by atoms with van der Waals surface area (Å²) in [6, 6.07) is 1.54. The first-order chi connectivity index (χ1) is 7.61. The van der Waals surface area contributed by atoms with Gasteiger partial charge in [0, 0.05) is 25.4 Å². The lowest BCUT2D eigenvalue weighted by Crippen LogP contribution is -2.32. The molecule has 0 aliphatic carbocycles. The molecular weight excluding hydrogens is 226 g/mol. The topological polar surface area (TPSA) is 76.3 Å². The van der Waals surface area contributed by atoms with E-state index in [-0.39, 0.29) is 23.3 Å². The summed E-state index contributed by atoms with van der Waals surface area (Å²) < 4.78 is 0. The maximum Gasteiger partial charge on any atom is 0.263 e. The van der Waals surface area contributed by atoms with E-state index in [0.29, 0.717) is 17.5 Å². The second-order valence-corrected chi connectivity index (χ2v) is 3.92. The van der Waals surface area contributed by atoms with E-state index < -0.39 is 0 Å². The molecule has 6 heteroatoms. The number of pyridine rings is 1. The predicted octanol–water partition coefficient (Wildman–Crippen LogP) is 0.354. The molecule has 0 bridgehead atoms. The highest BCUT2D eigenvalue weighted by atomic mass is 32.1. The summed E-state index contributed by atoms with van der Waals surface area (Å²) in [4.78, 5) is 28.9.